The first-order chi connectivity index (χ1) is 15.2. The number of piperazine rings is 1. The van der Waals surface area contributed by atoms with Gasteiger partial charge in [-0.25, -0.2) is 8.42 Å². The number of hydrogen-bond donors (Lipinski definition) is 0. The lowest BCUT2D eigenvalue weighted by atomic mass is 10.2. The Hall–Kier alpha value is -2.36. The van der Waals surface area contributed by atoms with E-state index in [0.29, 0.717) is 24.6 Å². The van der Waals surface area contributed by atoms with Crippen molar-refractivity contribution in [2.45, 2.75) is 24.8 Å². The maximum atomic E-state index is 12.8. The van der Waals surface area contributed by atoms with E-state index in [1.54, 1.807) is 42.4 Å². The van der Waals surface area contributed by atoms with E-state index >= 15 is 0 Å². The Balaban J connectivity index is 1.61. The molecule has 3 rings (SSSR count). The van der Waals surface area contributed by atoms with Crippen LogP contribution in [0.3, 0.4) is 0 Å². The van der Waals surface area contributed by atoms with Gasteiger partial charge in [-0.3, -0.25) is 4.79 Å². The molecule has 1 aliphatic heterocycles. The van der Waals surface area contributed by atoms with Gasteiger partial charge in [0.05, 0.1) is 18.1 Å². The lowest BCUT2D eigenvalue weighted by Gasteiger charge is -2.33. The smallest absolute Gasteiger partial charge is 0.246 e. The second kappa shape index (κ2) is 10.5. The summed E-state index contributed by atoms with van der Waals surface area (Å²) in [6.45, 7) is 5.07. The molecule has 0 unspecified atom stereocenters. The van der Waals surface area contributed by atoms with Gasteiger partial charge in [-0.05, 0) is 61.9 Å². The third-order valence-corrected chi connectivity index (χ3v) is 7.41. The third-order valence-electron chi connectivity index (χ3n) is 4.97. The van der Waals surface area contributed by atoms with Crippen LogP contribution in [-0.4, -0.2) is 62.9 Å². The number of methoxy groups -OCH3 is 1. The first kappa shape index (κ1) is 24.3. The van der Waals surface area contributed by atoms with Crippen molar-refractivity contribution in [3.8, 4) is 11.5 Å². The van der Waals surface area contributed by atoms with Crippen LogP contribution in [0.1, 0.15) is 19.4 Å². The maximum Gasteiger partial charge on any atom is 0.246 e. The molecule has 7 nitrogen and oxygen atoms in total. The molecule has 1 aliphatic rings. The quantitative estimate of drug-likeness (QED) is 0.517. The minimum Gasteiger partial charge on any atom is -0.493 e. The molecule has 0 radical (unpaired) electrons. The van der Waals surface area contributed by atoms with Gasteiger partial charge in [0.2, 0.25) is 15.9 Å². The van der Waals surface area contributed by atoms with Gasteiger partial charge in [0.15, 0.2) is 11.5 Å². The monoisotopic (exact) mass is 522 g/mol. The third kappa shape index (κ3) is 5.90. The number of nitrogens with zero attached hydrogens (tertiary/aromatic N) is 2. The van der Waals surface area contributed by atoms with Crippen molar-refractivity contribution in [1.29, 1.82) is 0 Å². The molecule has 1 amide bonds. The summed E-state index contributed by atoms with van der Waals surface area (Å²) < 4.78 is 38.9. The molecule has 0 N–H and O–H groups in total. The van der Waals surface area contributed by atoms with Crippen molar-refractivity contribution in [3.05, 3.63) is 58.6 Å². The molecule has 0 bridgehead atoms. The molecule has 0 aliphatic carbocycles. The Bertz CT molecular complexity index is 1080. The minimum absolute atomic E-state index is 0.0260. The highest BCUT2D eigenvalue weighted by molar-refractivity contribution is 9.10. The Morgan fingerprint density at radius 3 is 2.28 bits per heavy atom. The van der Waals surface area contributed by atoms with Gasteiger partial charge < -0.3 is 14.4 Å². The average Bonchev–Trinajstić information content (AvgIpc) is 2.78. The summed E-state index contributed by atoms with van der Waals surface area (Å²) in [5.74, 6) is 1.08. The summed E-state index contributed by atoms with van der Waals surface area (Å²) in [7, 11) is -2.00. The Morgan fingerprint density at radius 1 is 1.03 bits per heavy atom. The van der Waals surface area contributed by atoms with Crippen molar-refractivity contribution in [1.82, 2.24) is 9.21 Å². The number of sulfonamides is 1. The van der Waals surface area contributed by atoms with E-state index in [0.717, 1.165) is 10.0 Å². The molecule has 0 spiro atoms. The van der Waals surface area contributed by atoms with E-state index in [4.69, 9.17) is 9.47 Å². The number of benzene rings is 2. The van der Waals surface area contributed by atoms with E-state index < -0.39 is 10.0 Å². The van der Waals surface area contributed by atoms with Gasteiger partial charge in [0.25, 0.3) is 0 Å². The number of halogens is 1. The predicted octanol–water partition coefficient (Wildman–Crippen LogP) is 3.79. The SMILES string of the molecule is COc1cc(C=CC(=O)N2CCN(S(=O)(=O)c3ccc(Br)cc3)CC2)ccc1OC(C)C. The van der Waals surface area contributed by atoms with Gasteiger partial charge in [0.1, 0.15) is 0 Å². The van der Waals surface area contributed by atoms with Crippen molar-refractivity contribution < 1.29 is 22.7 Å². The van der Waals surface area contributed by atoms with Gasteiger partial charge in [-0.1, -0.05) is 22.0 Å². The molecular weight excluding hydrogens is 496 g/mol. The molecule has 2 aromatic rings. The predicted molar refractivity (Wildman–Crippen MR) is 127 cm³/mol. The number of ether oxygens (including phenoxy) is 2. The highest BCUT2D eigenvalue weighted by Gasteiger charge is 2.29. The summed E-state index contributed by atoms with van der Waals surface area (Å²) in [4.78, 5) is 14.5. The van der Waals surface area contributed by atoms with Crippen molar-refractivity contribution in [3.63, 3.8) is 0 Å². The largest absolute Gasteiger partial charge is 0.493 e. The minimum atomic E-state index is -3.57. The molecule has 1 saturated heterocycles. The van der Waals surface area contributed by atoms with E-state index in [-0.39, 0.29) is 30.0 Å². The van der Waals surface area contributed by atoms with Gasteiger partial charge in [0, 0.05) is 36.7 Å². The van der Waals surface area contributed by atoms with E-state index in [1.807, 2.05) is 32.0 Å². The zero-order chi connectivity index (χ0) is 23.3. The number of carbonyl (C=O) groups is 1. The molecule has 9 heteroatoms. The fourth-order valence-corrected chi connectivity index (χ4v) is 5.00. The number of rotatable bonds is 7. The van der Waals surface area contributed by atoms with Crippen LogP contribution < -0.4 is 9.47 Å². The maximum absolute atomic E-state index is 12.8. The highest BCUT2D eigenvalue weighted by Crippen LogP contribution is 2.29. The summed E-state index contributed by atoms with van der Waals surface area (Å²) in [5, 5.41) is 0. The van der Waals surface area contributed by atoms with Crippen molar-refractivity contribution in [2.24, 2.45) is 0 Å². The normalized spacial score (nSPS) is 15.3. The van der Waals surface area contributed by atoms with Crippen LogP contribution in [-0.2, 0) is 14.8 Å². The summed E-state index contributed by atoms with van der Waals surface area (Å²) in [6.07, 6.45) is 3.24. The second-order valence-corrected chi connectivity index (χ2v) is 10.4. The topological polar surface area (TPSA) is 76.2 Å². The number of carbonyl (C=O) groups excluding carboxylic acids is 1. The first-order valence-corrected chi connectivity index (χ1v) is 12.5. The van der Waals surface area contributed by atoms with Crippen LogP contribution in [0.5, 0.6) is 11.5 Å². The van der Waals surface area contributed by atoms with Crippen LogP contribution in [0.4, 0.5) is 0 Å². The van der Waals surface area contributed by atoms with Crippen molar-refractivity contribution in [2.75, 3.05) is 33.3 Å². The van der Waals surface area contributed by atoms with Gasteiger partial charge >= 0.3 is 0 Å². The average molecular weight is 523 g/mol. The molecule has 1 fully saturated rings. The highest BCUT2D eigenvalue weighted by atomic mass is 79.9. The second-order valence-electron chi connectivity index (χ2n) is 7.59. The fraction of sp³-hybridized carbons (Fsp3) is 0.348. The Kier molecular flexibility index (Phi) is 7.97. The molecule has 0 saturated carbocycles. The van der Waals surface area contributed by atoms with Crippen LogP contribution in [0.25, 0.3) is 6.08 Å². The van der Waals surface area contributed by atoms with Crippen LogP contribution in [0, 0.1) is 0 Å². The Morgan fingerprint density at radius 2 is 1.69 bits per heavy atom. The summed E-state index contributed by atoms with van der Waals surface area (Å²) in [6, 6.07) is 12.0. The molecular formula is C23H27BrN2O5S. The van der Waals surface area contributed by atoms with Crippen molar-refractivity contribution >= 4 is 37.9 Å². The van der Waals surface area contributed by atoms with E-state index in [1.165, 1.54) is 10.4 Å². The molecule has 1 heterocycles. The standard InChI is InChI=1S/C23H27BrN2O5S/c1-17(2)31-21-10-4-18(16-22(21)30-3)5-11-23(27)25-12-14-26(15-13-25)32(28,29)20-8-6-19(24)7-9-20/h4-11,16-17H,12-15H2,1-3H3. The van der Waals surface area contributed by atoms with Crippen LogP contribution in [0.15, 0.2) is 57.9 Å². The Labute approximate surface area is 197 Å². The van der Waals surface area contributed by atoms with Crippen LogP contribution in [0.2, 0.25) is 0 Å². The lowest BCUT2D eigenvalue weighted by Crippen LogP contribution is -2.50. The fourth-order valence-electron chi connectivity index (χ4n) is 3.32. The molecule has 32 heavy (non-hydrogen) atoms. The lowest BCUT2D eigenvalue weighted by molar-refractivity contribution is -0.127. The van der Waals surface area contributed by atoms with Gasteiger partial charge in [-0.15, -0.1) is 0 Å². The van der Waals surface area contributed by atoms with E-state index in [9.17, 15) is 13.2 Å². The summed E-state index contributed by atoms with van der Waals surface area (Å²) >= 11 is 3.31. The first-order valence-electron chi connectivity index (χ1n) is 10.3. The molecule has 0 aromatic heterocycles. The zero-order valence-electron chi connectivity index (χ0n) is 18.3. The molecule has 0 atom stereocenters. The molecule has 2 aromatic carbocycles. The number of hydrogen-bond acceptors (Lipinski definition) is 5. The zero-order valence-corrected chi connectivity index (χ0v) is 20.7. The van der Waals surface area contributed by atoms with Gasteiger partial charge in [-0.2, -0.15) is 4.31 Å². The van der Waals surface area contributed by atoms with Crippen LogP contribution >= 0.6 is 15.9 Å². The van der Waals surface area contributed by atoms with E-state index in [2.05, 4.69) is 15.9 Å². The molecule has 172 valence electrons. The summed E-state index contributed by atoms with van der Waals surface area (Å²) in [5.41, 5.74) is 0.808. The number of amides is 1.